The second-order valence-electron chi connectivity index (χ2n) is 9.39. The molecule has 0 unspecified atom stereocenters. The molecule has 220 valence electrons. The van der Waals surface area contributed by atoms with Crippen molar-refractivity contribution in [3.05, 3.63) is 111 Å². The topological polar surface area (TPSA) is 173 Å². The summed E-state index contributed by atoms with van der Waals surface area (Å²) in [5.74, 6) is 0. The predicted octanol–water partition coefficient (Wildman–Crippen LogP) is 4.58. The minimum atomic E-state index is -0.451. The molecule has 3 N–H and O–H groups in total. The van der Waals surface area contributed by atoms with Gasteiger partial charge in [-0.2, -0.15) is 0 Å². The molecular weight excluding hydrogens is 554 g/mol. The molecule has 43 heavy (non-hydrogen) atoms. The van der Waals surface area contributed by atoms with Crippen molar-refractivity contribution in [1.29, 1.82) is 0 Å². The Morgan fingerprint density at radius 2 is 1.49 bits per heavy atom. The zero-order chi connectivity index (χ0) is 30.2. The Kier molecular flexibility index (Phi) is 9.26. The number of hydrogen-bond donors (Lipinski definition) is 2. The minimum Gasteiger partial charge on any atom is -0.378 e. The quantitative estimate of drug-likeness (QED) is 0.0870. The molecule has 0 spiro atoms. The first kappa shape index (κ1) is 29.3. The summed E-state index contributed by atoms with van der Waals surface area (Å²) in [6, 6.07) is 23.8. The average molecular weight is 584 g/mol. The van der Waals surface area contributed by atoms with E-state index in [0.717, 1.165) is 22.4 Å². The number of ether oxygens (including phenoxy) is 2. The van der Waals surface area contributed by atoms with Crippen molar-refractivity contribution < 1.29 is 19.3 Å². The van der Waals surface area contributed by atoms with E-state index in [0.29, 0.717) is 61.9 Å². The van der Waals surface area contributed by atoms with Crippen LogP contribution in [-0.4, -0.2) is 58.9 Å². The van der Waals surface area contributed by atoms with Crippen LogP contribution in [0.4, 0.5) is 22.7 Å². The van der Waals surface area contributed by atoms with Gasteiger partial charge in [0.2, 0.25) is 0 Å². The number of aromatic nitrogens is 2. The van der Waals surface area contributed by atoms with Crippen LogP contribution in [0.15, 0.2) is 89.9 Å². The third-order valence-electron chi connectivity index (χ3n) is 6.53. The molecule has 1 aliphatic heterocycles. The van der Waals surface area contributed by atoms with E-state index in [9.17, 15) is 20.2 Å². The standard InChI is InChI=1S/C30H29N7O6/c31-13-15-42-17-18-43-16-14-32-26-20-30-28(19-27(26)33-21-5-7-23(8-6-21)36(38)39)34-25-3-1-2-4-29(25)35(30)22-9-11-24(12-10-22)37(40)41/h1-12,19-20,33H,13-18,31H2/b32-26-. The van der Waals surface area contributed by atoms with Gasteiger partial charge >= 0.3 is 0 Å². The number of rotatable bonds is 13. The van der Waals surface area contributed by atoms with Crippen molar-refractivity contribution in [3.63, 3.8) is 0 Å². The van der Waals surface area contributed by atoms with Gasteiger partial charge in [0.15, 0.2) is 0 Å². The van der Waals surface area contributed by atoms with Crippen LogP contribution in [0.3, 0.4) is 0 Å². The van der Waals surface area contributed by atoms with Crippen molar-refractivity contribution in [2.24, 2.45) is 10.7 Å². The SMILES string of the molecule is NCCOCCOCC/N=c1/cc2n(-c3ccc([N+](=O)[O-])cc3)c3ccccc3nc-2cc1Nc1ccc([N+](=O)[O-])cc1. The number of non-ortho nitro benzene ring substituents is 2. The molecule has 1 heterocycles. The van der Waals surface area contributed by atoms with E-state index in [1.54, 1.807) is 24.3 Å². The lowest BCUT2D eigenvalue weighted by atomic mass is 10.1. The highest BCUT2D eigenvalue weighted by Crippen LogP contribution is 2.31. The van der Waals surface area contributed by atoms with E-state index in [1.807, 2.05) is 41.0 Å². The van der Waals surface area contributed by atoms with E-state index < -0.39 is 9.85 Å². The molecule has 0 saturated carbocycles. The number of anilines is 2. The monoisotopic (exact) mass is 583 g/mol. The van der Waals surface area contributed by atoms with E-state index >= 15 is 0 Å². The van der Waals surface area contributed by atoms with Gasteiger partial charge in [-0.1, -0.05) is 12.1 Å². The molecule has 0 atom stereocenters. The summed E-state index contributed by atoms with van der Waals surface area (Å²) in [7, 11) is 0. The van der Waals surface area contributed by atoms with Crippen LogP contribution in [0.1, 0.15) is 0 Å². The first-order valence-corrected chi connectivity index (χ1v) is 13.5. The summed E-state index contributed by atoms with van der Waals surface area (Å²) < 4.78 is 13.0. The number of fused-ring (bicyclic) bond motifs is 2. The molecular formula is C30H29N7O6. The Hall–Kier alpha value is -5.24. The molecule has 3 aromatic rings. The summed E-state index contributed by atoms with van der Waals surface area (Å²) in [6.45, 7) is 2.49. The Morgan fingerprint density at radius 1 is 0.837 bits per heavy atom. The Morgan fingerprint density at radius 3 is 2.16 bits per heavy atom. The van der Waals surface area contributed by atoms with Gasteiger partial charge in [0.1, 0.15) is 0 Å². The third kappa shape index (κ3) is 6.98. The van der Waals surface area contributed by atoms with Crippen molar-refractivity contribution >= 4 is 33.8 Å². The Balaban J connectivity index is 1.59. The van der Waals surface area contributed by atoms with Gasteiger partial charge in [0, 0.05) is 42.2 Å². The van der Waals surface area contributed by atoms with Gasteiger partial charge in [0.25, 0.3) is 11.4 Å². The predicted molar refractivity (Wildman–Crippen MR) is 162 cm³/mol. The fraction of sp³-hybridized carbons (Fsp3) is 0.200. The minimum absolute atomic E-state index is 0.00859. The Labute approximate surface area is 245 Å². The lowest BCUT2D eigenvalue weighted by Crippen LogP contribution is -2.16. The van der Waals surface area contributed by atoms with Gasteiger partial charge in [-0.15, -0.1) is 0 Å². The van der Waals surface area contributed by atoms with Crippen LogP contribution in [0.2, 0.25) is 0 Å². The van der Waals surface area contributed by atoms with Crippen LogP contribution in [0.5, 0.6) is 0 Å². The summed E-state index contributed by atoms with van der Waals surface area (Å²) >= 11 is 0. The maximum atomic E-state index is 11.3. The maximum Gasteiger partial charge on any atom is 0.269 e. The first-order chi connectivity index (χ1) is 20.9. The summed E-state index contributed by atoms with van der Waals surface area (Å²) in [5, 5.41) is 26.3. The fourth-order valence-electron chi connectivity index (χ4n) is 4.53. The highest BCUT2D eigenvalue weighted by atomic mass is 16.6. The molecule has 13 nitrogen and oxygen atoms in total. The first-order valence-electron chi connectivity index (χ1n) is 13.5. The van der Waals surface area contributed by atoms with E-state index in [2.05, 4.69) is 5.32 Å². The molecule has 0 bridgehead atoms. The second-order valence-corrected chi connectivity index (χ2v) is 9.39. The average Bonchev–Trinajstić information content (AvgIpc) is 3.01. The second kappa shape index (κ2) is 13.6. The molecule has 0 saturated heterocycles. The molecule has 5 rings (SSSR count). The number of nitro benzene ring substituents is 2. The summed E-state index contributed by atoms with van der Waals surface area (Å²) in [5.41, 5.74) is 10.3. The number of nitrogens with zero attached hydrogens (tertiary/aromatic N) is 5. The van der Waals surface area contributed by atoms with Crippen molar-refractivity contribution in [2.45, 2.75) is 0 Å². The van der Waals surface area contributed by atoms with E-state index in [4.69, 9.17) is 25.2 Å². The maximum absolute atomic E-state index is 11.3. The van der Waals surface area contributed by atoms with Crippen LogP contribution in [0, 0.1) is 20.2 Å². The van der Waals surface area contributed by atoms with Crippen molar-refractivity contribution in [1.82, 2.24) is 9.55 Å². The molecule has 2 aliphatic rings. The number of nitrogens with two attached hydrogens (primary N) is 1. The molecule has 0 aromatic heterocycles. The largest absolute Gasteiger partial charge is 0.378 e. The molecule has 0 amide bonds. The third-order valence-corrected chi connectivity index (χ3v) is 6.53. The Bertz CT molecular complexity index is 1770. The highest BCUT2D eigenvalue weighted by Gasteiger charge is 2.17. The molecule has 3 aromatic carbocycles. The highest BCUT2D eigenvalue weighted by molar-refractivity contribution is 5.84. The zero-order valence-electron chi connectivity index (χ0n) is 23.1. The normalized spacial score (nSPS) is 11.7. The number of nitro groups is 2. The van der Waals surface area contributed by atoms with E-state index in [1.165, 1.54) is 24.3 Å². The van der Waals surface area contributed by atoms with Crippen LogP contribution in [0.25, 0.3) is 28.1 Å². The van der Waals surface area contributed by atoms with Crippen molar-refractivity contribution in [2.75, 3.05) is 44.8 Å². The number of nitrogens with one attached hydrogen (secondary N) is 1. The summed E-state index contributed by atoms with van der Waals surface area (Å²) in [4.78, 5) is 31.2. The molecule has 1 aliphatic carbocycles. The van der Waals surface area contributed by atoms with Gasteiger partial charge in [0.05, 0.1) is 76.3 Å². The smallest absolute Gasteiger partial charge is 0.269 e. The van der Waals surface area contributed by atoms with Crippen LogP contribution >= 0.6 is 0 Å². The van der Waals surface area contributed by atoms with Crippen molar-refractivity contribution in [3.8, 4) is 17.1 Å². The molecule has 0 fully saturated rings. The van der Waals surface area contributed by atoms with Gasteiger partial charge < -0.3 is 25.1 Å². The zero-order valence-corrected chi connectivity index (χ0v) is 23.1. The van der Waals surface area contributed by atoms with E-state index in [-0.39, 0.29) is 11.4 Å². The number of benzene rings is 4. The summed E-state index contributed by atoms with van der Waals surface area (Å²) in [6.07, 6.45) is 0. The van der Waals surface area contributed by atoms with Gasteiger partial charge in [-0.05, 0) is 48.5 Å². The number of hydrogen-bond acceptors (Lipinski definition) is 10. The van der Waals surface area contributed by atoms with Crippen LogP contribution in [-0.2, 0) is 9.47 Å². The lowest BCUT2D eigenvalue weighted by Gasteiger charge is -2.20. The molecule has 13 heteroatoms. The van der Waals surface area contributed by atoms with Crippen LogP contribution < -0.4 is 16.4 Å². The fourth-order valence-corrected chi connectivity index (χ4v) is 4.53. The van der Waals surface area contributed by atoms with Gasteiger partial charge in [-0.25, -0.2) is 4.98 Å². The molecule has 0 radical (unpaired) electrons. The number of para-hydroxylation sites is 2. The lowest BCUT2D eigenvalue weighted by molar-refractivity contribution is -0.385. The van der Waals surface area contributed by atoms with Gasteiger partial charge in [-0.3, -0.25) is 25.2 Å².